The van der Waals surface area contributed by atoms with Crippen molar-refractivity contribution < 1.29 is 4.74 Å². The van der Waals surface area contributed by atoms with E-state index in [1.54, 1.807) is 7.11 Å². The minimum Gasteiger partial charge on any atom is -0.481 e. The lowest BCUT2D eigenvalue weighted by atomic mass is 10.1. The van der Waals surface area contributed by atoms with Crippen LogP contribution >= 0.6 is 0 Å². The van der Waals surface area contributed by atoms with Crippen LogP contribution in [0.5, 0.6) is 5.88 Å². The van der Waals surface area contributed by atoms with Gasteiger partial charge in [-0.3, -0.25) is 0 Å². The fourth-order valence-corrected chi connectivity index (χ4v) is 1.61. The molecule has 0 aliphatic rings. The molecule has 1 aromatic heterocycles. The number of nitrogens with zero attached hydrogens (tertiary/aromatic N) is 4. The number of rotatable bonds is 3. The number of ether oxygens (including phenoxy) is 1. The van der Waals surface area contributed by atoms with E-state index in [1.807, 2.05) is 30.3 Å². The smallest absolute Gasteiger partial charge is 0.213 e. The molecular weight excluding hydrogens is 240 g/mol. The molecule has 0 unspecified atom stereocenters. The van der Waals surface area contributed by atoms with Crippen molar-refractivity contribution in [2.75, 3.05) is 13.7 Å². The molecule has 0 atom stereocenters. The summed E-state index contributed by atoms with van der Waals surface area (Å²) >= 11 is 0. The zero-order valence-corrected chi connectivity index (χ0v) is 10.5. The molecule has 0 aliphatic heterocycles. The normalized spacial score (nSPS) is 9.32. The molecule has 1 aromatic carbocycles. The Kier molecular flexibility index (Phi) is 4.22. The third kappa shape index (κ3) is 3.38. The summed E-state index contributed by atoms with van der Waals surface area (Å²) in [4.78, 5) is 7.00. The summed E-state index contributed by atoms with van der Waals surface area (Å²) in [6.45, 7) is 0.399. The maximum Gasteiger partial charge on any atom is 0.213 e. The zero-order valence-electron chi connectivity index (χ0n) is 10.5. The number of hydrogen-bond acceptors (Lipinski definition) is 3. The Labute approximate surface area is 110 Å². The highest BCUT2D eigenvalue weighted by Gasteiger charge is 1.98. The second kappa shape index (κ2) is 6.29. The third-order valence-electron chi connectivity index (χ3n) is 2.51. The predicted octanol–water partition coefficient (Wildman–Crippen LogP) is 3.30. The van der Waals surface area contributed by atoms with Crippen molar-refractivity contribution in [2.45, 2.75) is 6.42 Å². The molecule has 0 aliphatic carbocycles. The molecule has 5 heteroatoms. The predicted molar refractivity (Wildman–Crippen MR) is 73.8 cm³/mol. The second-order valence-electron chi connectivity index (χ2n) is 3.77. The Bertz CT molecular complexity index is 693. The maximum atomic E-state index is 8.14. The molecule has 94 valence electrons. The standard InChI is InChI=1S/C14H12N4O/c1-19-14-8-6-12-10-11(5-7-13(12)17-14)4-2-3-9-16-18-15/h5-8,10H,3,9H2,1H3. The number of hydrogen-bond donors (Lipinski definition) is 0. The van der Waals surface area contributed by atoms with E-state index in [0.29, 0.717) is 18.8 Å². The van der Waals surface area contributed by atoms with Crippen molar-refractivity contribution in [3.63, 3.8) is 0 Å². The molecule has 0 fully saturated rings. The molecule has 0 N–H and O–H groups in total. The molecule has 0 saturated heterocycles. The molecule has 2 aromatic rings. The number of azide groups is 1. The summed E-state index contributed by atoms with van der Waals surface area (Å²) in [6, 6.07) is 9.57. The van der Waals surface area contributed by atoms with Crippen LogP contribution in [0.2, 0.25) is 0 Å². The average molecular weight is 252 g/mol. The van der Waals surface area contributed by atoms with Gasteiger partial charge in [-0.1, -0.05) is 17.0 Å². The average Bonchev–Trinajstić information content (AvgIpc) is 2.46. The van der Waals surface area contributed by atoms with Gasteiger partial charge in [0, 0.05) is 34.9 Å². The summed E-state index contributed by atoms with van der Waals surface area (Å²) < 4.78 is 5.08. The Morgan fingerprint density at radius 2 is 2.26 bits per heavy atom. The Hall–Kier alpha value is -2.70. The van der Waals surface area contributed by atoms with Crippen LogP contribution in [0.25, 0.3) is 21.3 Å². The van der Waals surface area contributed by atoms with Crippen molar-refractivity contribution >= 4 is 10.9 Å². The van der Waals surface area contributed by atoms with Gasteiger partial charge in [0.25, 0.3) is 0 Å². The molecule has 2 rings (SSSR count). The summed E-state index contributed by atoms with van der Waals surface area (Å²) in [5, 5.41) is 4.44. The highest BCUT2D eigenvalue weighted by Crippen LogP contribution is 2.17. The van der Waals surface area contributed by atoms with E-state index >= 15 is 0 Å². The third-order valence-corrected chi connectivity index (χ3v) is 2.51. The molecule has 19 heavy (non-hydrogen) atoms. The SMILES string of the molecule is COc1ccc2cc(C#CCCN=[N+]=[N-])ccc2n1. The van der Waals surface area contributed by atoms with E-state index in [0.717, 1.165) is 16.5 Å². The number of pyridine rings is 1. The molecule has 5 nitrogen and oxygen atoms in total. The van der Waals surface area contributed by atoms with E-state index in [1.165, 1.54) is 0 Å². The highest BCUT2D eigenvalue weighted by atomic mass is 16.5. The summed E-state index contributed by atoms with van der Waals surface area (Å²) in [5.74, 6) is 6.59. The van der Waals surface area contributed by atoms with E-state index < -0.39 is 0 Å². The first kappa shape index (κ1) is 12.7. The van der Waals surface area contributed by atoms with Gasteiger partial charge in [-0.05, 0) is 29.8 Å². The summed E-state index contributed by atoms with van der Waals surface area (Å²) in [5.41, 5.74) is 9.93. The van der Waals surface area contributed by atoms with Gasteiger partial charge < -0.3 is 4.74 Å². The molecule has 0 amide bonds. The number of aromatic nitrogens is 1. The molecule has 1 heterocycles. The summed E-state index contributed by atoms with van der Waals surface area (Å²) in [6.07, 6.45) is 0.558. The van der Waals surface area contributed by atoms with Crippen LogP contribution in [-0.2, 0) is 0 Å². The minimum absolute atomic E-state index is 0.399. The van der Waals surface area contributed by atoms with Crippen LogP contribution in [0.4, 0.5) is 0 Å². The molecule has 0 bridgehead atoms. The van der Waals surface area contributed by atoms with E-state index in [-0.39, 0.29) is 0 Å². The number of benzene rings is 1. The van der Waals surface area contributed by atoms with Gasteiger partial charge in [-0.25, -0.2) is 4.98 Å². The lowest BCUT2D eigenvalue weighted by molar-refractivity contribution is 0.399. The van der Waals surface area contributed by atoms with Gasteiger partial charge >= 0.3 is 0 Å². The zero-order chi connectivity index (χ0) is 13.5. The first-order valence-electron chi connectivity index (χ1n) is 5.78. The largest absolute Gasteiger partial charge is 0.481 e. The van der Waals surface area contributed by atoms with Gasteiger partial charge in [0.05, 0.1) is 12.6 Å². The molecule has 0 spiro atoms. The second-order valence-corrected chi connectivity index (χ2v) is 3.77. The van der Waals surface area contributed by atoms with Crippen LogP contribution in [0.1, 0.15) is 12.0 Å². The molecule has 0 radical (unpaired) electrons. The molecular formula is C14H12N4O. The lowest BCUT2D eigenvalue weighted by Gasteiger charge is -2.01. The number of methoxy groups -OCH3 is 1. The Balaban J connectivity index is 2.19. The summed E-state index contributed by atoms with van der Waals surface area (Å²) in [7, 11) is 1.59. The minimum atomic E-state index is 0.399. The van der Waals surface area contributed by atoms with E-state index in [2.05, 4.69) is 26.9 Å². The van der Waals surface area contributed by atoms with Gasteiger partial charge in [0.15, 0.2) is 0 Å². The fourth-order valence-electron chi connectivity index (χ4n) is 1.61. The van der Waals surface area contributed by atoms with Crippen molar-refractivity contribution in [3.05, 3.63) is 46.3 Å². The van der Waals surface area contributed by atoms with E-state index in [4.69, 9.17) is 10.3 Å². The van der Waals surface area contributed by atoms with E-state index in [9.17, 15) is 0 Å². The van der Waals surface area contributed by atoms with Gasteiger partial charge in [-0.15, -0.1) is 0 Å². The van der Waals surface area contributed by atoms with Crippen LogP contribution in [-0.4, -0.2) is 18.6 Å². The van der Waals surface area contributed by atoms with Crippen LogP contribution in [0.15, 0.2) is 35.4 Å². The Morgan fingerprint density at radius 3 is 3.05 bits per heavy atom. The topological polar surface area (TPSA) is 70.9 Å². The number of fused-ring (bicyclic) bond motifs is 1. The van der Waals surface area contributed by atoms with Crippen molar-refractivity contribution in [3.8, 4) is 17.7 Å². The van der Waals surface area contributed by atoms with Crippen molar-refractivity contribution in [2.24, 2.45) is 5.11 Å². The lowest BCUT2D eigenvalue weighted by Crippen LogP contribution is -1.88. The quantitative estimate of drug-likeness (QED) is 0.276. The van der Waals surface area contributed by atoms with Crippen LogP contribution in [0, 0.1) is 11.8 Å². The highest BCUT2D eigenvalue weighted by molar-refractivity contribution is 5.80. The fraction of sp³-hybridized carbons (Fsp3) is 0.214. The van der Waals surface area contributed by atoms with Gasteiger partial charge in [-0.2, -0.15) is 0 Å². The maximum absolute atomic E-state index is 8.14. The van der Waals surface area contributed by atoms with Crippen molar-refractivity contribution in [1.29, 1.82) is 0 Å². The van der Waals surface area contributed by atoms with Crippen LogP contribution in [0.3, 0.4) is 0 Å². The van der Waals surface area contributed by atoms with Gasteiger partial charge in [0.2, 0.25) is 5.88 Å². The Morgan fingerprint density at radius 1 is 1.37 bits per heavy atom. The first-order chi connectivity index (χ1) is 9.33. The molecule has 0 saturated carbocycles. The monoisotopic (exact) mass is 252 g/mol. The van der Waals surface area contributed by atoms with Gasteiger partial charge in [0.1, 0.15) is 0 Å². The van der Waals surface area contributed by atoms with Crippen molar-refractivity contribution in [1.82, 2.24) is 4.98 Å². The first-order valence-corrected chi connectivity index (χ1v) is 5.78. The van der Waals surface area contributed by atoms with Crippen LogP contribution < -0.4 is 4.74 Å².